The minimum Gasteiger partial charge on any atom is -0.549 e. The molecule has 0 amide bonds. The van der Waals surface area contributed by atoms with Crippen LogP contribution in [0.3, 0.4) is 0 Å². The lowest BCUT2D eigenvalue weighted by atomic mass is 10.3. The zero-order valence-electron chi connectivity index (χ0n) is 8.30. The van der Waals surface area contributed by atoms with Crippen LogP contribution >= 0.6 is 15.9 Å². The van der Waals surface area contributed by atoms with Gasteiger partial charge in [-0.1, -0.05) is 36.7 Å². The van der Waals surface area contributed by atoms with E-state index in [0.717, 1.165) is 10.2 Å². The highest BCUT2D eigenvalue weighted by atomic mass is 79.9. The Balaban J connectivity index is 2.51. The van der Waals surface area contributed by atoms with Crippen molar-refractivity contribution >= 4 is 25.7 Å². The predicted molar refractivity (Wildman–Crippen MR) is 63.0 cm³/mol. The van der Waals surface area contributed by atoms with Gasteiger partial charge in [0.05, 0.1) is 0 Å². The third-order valence-corrected chi connectivity index (χ3v) is 3.36. The normalized spacial score (nSPS) is 12.3. The number of hydrogen-bond acceptors (Lipinski definition) is 1. The standard InChI is InChI=1S/C10H15BrOSi/c1-10(2,3)13-12-9-6-4-8(11)5-7-9/h4-7H,13H2,1-3H3. The molecule has 0 unspecified atom stereocenters. The number of halogens is 1. The third-order valence-electron chi connectivity index (χ3n) is 1.49. The molecule has 0 N–H and O–H groups in total. The van der Waals surface area contributed by atoms with Crippen LogP contribution < -0.4 is 4.43 Å². The van der Waals surface area contributed by atoms with Gasteiger partial charge in [-0.25, -0.2) is 0 Å². The average molecular weight is 259 g/mol. The first-order chi connectivity index (χ1) is 5.97. The minimum atomic E-state index is -0.476. The van der Waals surface area contributed by atoms with E-state index in [1.807, 2.05) is 24.3 Å². The zero-order valence-corrected chi connectivity index (χ0v) is 11.3. The van der Waals surface area contributed by atoms with Gasteiger partial charge < -0.3 is 4.43 Å². The summed E-state index contributed by atoms with van der Waals surface area (Å²) in [7, 11) is -0.476. The maximum Gasteiger partial charge on any atom is 0.224 e. The maximum absolute atomic E-state index is 5.74. The summed E-state index contributed by atoms with van der Waals surface area (Å²) in [6.45, 7) is 6.66. The van der Waals surface area contributed by atoms with E-state index in [2.05, 4.69) is 36.7 Å². The molecule has 0 bridgehead atoms. The van der Waals surface area contributed by atoms with E-state index in [0.29, 0.717) is 5.04 Å². The summed E-state index contributed by atoms with van der Waals surface area (Å²) in [5, 5.41) is 0.354. The molecule has 0 saturated heterocycles. The van der Waals surface area contributed by atoms with Crippen LogP contribution in [0.5, 0.6) is 5.75 Å². The molecule has 0 fully saturated rings. The zero-order chi connectivity index (χ0) is 9.90. The Kier molecular flexibility index (Phi) is 3.56. The van der Waals surface area contributed by atoms with E-state index in [9.17, 15) is 0 Å². The molecule has 13 heavy (non-hydrogen) atoms. The van der Waals surface area contributed by atoms with Crippen LogP contribution in [0, 0.1) is 0 Å². The molecule has 1 rings (SSSR count). The van der Waals surface area contributed by atoms with Crippen molar-refractivity contribution in [3.63, 3.8) is 0 Å². The fraction of sp³-hybridized carbons (Fsp3) is 0.400. The second-order valence-electron chi connectivity index (χ2n) is 4.30. The second kappa shape index (κ2) is 4.29. The summed E-state index contributed by atoms with van der Waals surface area (Å²) in [6, 6.07) is 8.02. The monoisotopic (exact) mass is 258 g/mol. The van der Waals surface area contributed by atoms with Gasteiger partial charge in [-0.05, 0) is 29.3 Å². The highest BCUT2D eigenvalue weighted by Crippen LogP contribution is 2.22. The minimum absolute atomic E-state index is 0.354. The Morgan fingerprint density at radius 1 is 1.15 bits per heavy atom. The fourth-order valence-electron chi connectivity index (χ4n) is 0.831. The van der Waals surface area contributed by atoms with Crippen molar-refractivity contribution in [3.05, 3.63) is 28.7 Å². The van der Waals surface area contributed by atoms with Crippen LogP contribution in [0.2, 0.25) is 5.04 Å². The van der Waals surface area contributed by atoms with E-state index < -0.39 is 9.76 Å². The summed E-state index contributed by atoms with van der Waals surface area (Å²) in [4.78, 5) is 0. The van der Waals surface area contributed by atoms with E-state index in [4.69, 9.17) is 4.43 Å². The van der Waals surface area contributed by atoms with E-state index in [1.165, 1.54) is 0 Å². The smallest absolute Gasteiger partial charge is 0.224 e. The molecule has 0 heterocycles. The van der Waals surface area contributed by atoms with Gasteiger partial charge in [0.25, 0.3) is 0 Å². The molecule has 0 atom stereocenters. The molecule has 0 aliphatic heterocycles. The lowest BCUT2D eigenvalue weighted by Gasteiger charge is -2.17. The van der Waals surface area contributed by atoms with Gasteiger partial charge in [-0.15, -0.1) is 0 Å². The Hall–Kier alpha value is -0.283. The van der Waals surface area contributed by atoms with Crippen LogP contribution in [0.25, 0.3) is 0 Å². The molecule has 72 valence electrons. The third kappa shape index (κ3) is 4.48. The highest BCUT2D eigenvalue weighted by molar-refractivity contribution is 9.10. The van der Waals surface area contributed by atoms with Crippen LogP contribution in [0.1, 0.15) is 20.8 Å². The van der Waals surface area contributed by atoms with Gasteiger partial charge in [0.15, 0.2) is 0 Å². The second-order valence-corrected chi connectivity index (χ2v) is 7.92. The first-order valence-electron chi connectivity index (χ1n) is 4.36. The van der Waals surface area contributed by atoms with Crippen molar-refractivity contribution in [1.29, 1.82) is 0 Å². The number of hydrogen-bond donors (Lipinski definition) is 0. The Morgan fingerprint density at radius 3 is 2.15 bits per heavy atom. The van der Waals surface area contributed by atoms with Crippen LogP contribution in [0.15, 0.2) is 28.7 Å². The van der Waals surface area contributed by atoms with E-state index >= 15 is 0 Å². The number of rotatable bonds is 2. The van der Waals surface area contributed by atoms with Crippen molar-refractivity contribution in [2.75, 3.05) is 0 Å². The fourth-order valence-corrected chi connectivity index (χ4v) is 1.89. The molecule has 0 aliphatic carbocycles. The van der Waals surface area contributed by atoms with Crippen molar-refractivity contribution in [3.8, 4) is 5.75 Å². The van der Waals surface area contributed by atoms with Gasteiger partial charge in [0, 0.05) is 4.47 Å². The molecular weight excluding hydrogens is 244 g/mol. The molecule has 0 aliphatic rings. The van der Waals surface area contributed by atoms with Crippen LogP contribution in [-0.4, -0.2) is 9.76 Å². The Morgan fingerprint density at radius 2 is 1.69 bits per heavy atom. The van der Waals surface area contributed by atoms with Crippen molar-refractivity contribution in [1.82, 2.24) is 0 Å². The first-order valence-corrected chi connectivity index (χ1v) is 6.43. The average Bonchev–Trinajstić information content (AvgIpc) is 2.02. The molecule has 0 spiro atoms. The van der Waals surface area contributed by atoms with Crippen LogP contribution in [0.4, 0.5) is 0 Å². The molecule has 1 aromatic rings. The van der Waals surface area contributed by atoms with E-state index in [1.54, 1.807) is 0 Å². The SMILES string of the molecule is CC(C)(C)[SiH2]Oc1ccc(Br)cc1. The quantitative estimate of drug-likeness (QED) is 0.741. The lowest BCUT2D eigenvalue weighted by Crippen LogP contribution is -2.15. The largest absolute Gasteiger partial charge is 0.549 e. The molecule has 3 heteroatoms. The molecule has 0 radical (unpaired) electrons. The summed E-state index contributed by atoms with van der Waals surface area (Å²) < 4.78 is 6.84. The molecule has 1 nitrogen and oxygen atoms in total. The predicted octanol–water partition coefficient (Wildman–Crippen LogP) is 3.13. The molecule has 0 saturated carbocycles. The van der Waals surface area contributed by atoms with E-state index in [-0.39, 0.29) is 0 Å². The molecular formula is C10H15BrOSi. The molecule has 0 aromatic heterocycles. The lowest BCUT2D eigenvalue weighted by molar-refractivity contribution is 0.544. The van der Waals surface area contributed by atoms with Crippen molar-refractivity contribution < 1.29 is 4.43 Å². The summed E-state index contributed by atoms with van der Waals surface area (Å²) in [5.41, 5.74) is 0. The van der Waals surface area contributed by atoms with Gasteiger partial charge in [0.2, 0.25) is 9.76 Å². The summed E-state index contributed by atoms with van der Waals surface area (Å²) >= 11 is 3.39. The van der Waals surface area contributed by atoms with Crippen molar-refractivity contribution in [2.45, 2.75) is 25.8 Å². The highest BCUT2D eigenvalue weighted by Gasteiger charge is 2.12. The summed E-state index contributed by atoms with van der Waals surface area (Å²) in [6.07, 6.45) is 0. The summed E-state index contributed by atoms with van der Waals surface area (Å²) in [5.74, 6) is 0.991. The number of benzene rings is 1. The van der Waals surface area contributed by atoms with Gasteiger partial charge >= 0.3 is 0 Å². The van der Waals surface area contributed by atoms with Gasteiger partial charge in [-0.2, -0.15) is 0 Å². The Bertz CT molecular complexity index is 263. The topological polar surface area (TPSA) is 9.23 Å². The maximum atomic E-state index is 5.74. The first kappa shape index (κ1) is 10.8. The Labute approximate surface area is 90.6 Å². The van der Waals surface area contributed by atoms with Crippen LogP contribution in [-0.2, 0) is 0 Å². The van der Waals surface area contributed by atoms with Crippen molar-refractivity contribution in [2.24, 2.45) is 0 Å². The van der Waals surface area contributed by atoms with Gasteiger partial charge in [0.1, 0.15) is 5.75 Å². The molecule has 1 aromatic carbocycles. The van der Waals surface area contributed by atoms with Gasteiger partial charge in [-0.3, -0.25) is 0 Å².